The standard InChI is InChI=1S/C50H99N9O15/c1-39(48(66)52-14-17-57(7)23-25-59(9)21-19-55(4)5)35-42(61)36-40(37-44(62)51-13-16-56(6)22-24-58(8)20-18-54(2)3)49(67)53-15-28-71-31-30-70-27-12-41(60)11-10-26-69-29-32-72-33-34-73-38-43-45(63)46(64)47(65)50(68)74-43/h39-40,43,45-47,50,63-65,68H,10-38H2,1-9H3,(H,51,62)(H,52,66)(H,53,67). The van der Waals surface area contributed by atoms with Crippen molar-refractivity contribution in [1.29, 1.82) is 0 Å². The molecule has 1 fully saturated rings. The van der Waals surface area contributed by atoms with Gasteiger partial charge in [-0.3, -0.25) is 24.0 Å². The van der Waals surface area contributed by atoms with Crippen molar-refractivity contribution >= 4 is 29.3 Å². The van der Waals surface area contributed by atoms with Crippen LogP contribution in [0.25, 0.3) is 0 Å². The molecule has 0 aromatic carbocycles. The third kappa shape index (κ3) is 35.4. The molecule has 0 aromatic heterocycles. The fourth-order valence-electron chi connectivity index (χ4n) is 7.25. The fourth-order valence-corrected chi connectivity index (χ4v) is 7.25. The maximum absolute atomic E-state index is 13.4. The van der Waals surface area contributed by atoms with Crippen LogP contribution in [-0.2, 0) is 52.4 Å². The van der Waals surface area contributed by atoms with Crippen molar-refractivity contribution in [3.8, 4) is 0 Å². The summed E-state index contributed by atoms with van der Waals surface area (Å²) in [4.78, 5) is 78.2. The van der Waals surface area contributed by atoms with Gasteiger partial charge in [-0.25, -0.2) is 0 Å². The number of nitrogens with zero attached hydrogens (tertiary/aromatic N) is 6. The van der Waals surface area contributed by atoms with Crippen molar-refractivity contribution in [2.45, 2.75) is 76.2 Å². The van der Waals surface area contributed by atoms with E-state index in [0.29, 0.717) is 58.8 Å². The summed E-state index contributed by atoms with van der Waals surface area (Å²) in [6.45, 7) is 13.5. The zero-order chi connectivity index (χ0) is 55.3. The number of ketones is 2. The summed E-state index contributed by atoms with van der Waals surface area (Å²) in [6.07, 6.45) is -6.44. The van der Waals surface area contributed by atoms with Gasteiger partial charge in [0.1, 0.15) is 36.0 Å². The molecule has 0 saturated carbocycles. The molecule has 1 aliphatic rings. The molecule has 7 atom stereocenters. The smallest absolute Gasteiger partial charge is 0.224 e. The summed E-state index contributed by atoms with van der Waals surface area (Å²) < 4.78 is 32.5. The number of amides is 3. The Balaban J connectivity index is 2.38. The second-order valence-corrected chi connectivity index (χ2v) is 20.0. The largest absolute Gasteiger partial charge is 0.387 e. The topological polar surface area (TPSA) is 277 Å². The highest BCUT2D eigenvalue weighted by molar-refractivity contribution is 5.92. The Kier molecular flexibility index (Phi) is 39.4. The summed E-state index contributed by atoms with van der Waals surface area (Å²) in [5, 5.41) is 47.4. The van der Waals surface area contributed by atoms with Crippen molar-refractivity contribution in [3.63, 3.8) is 0 Å². The highest BCUT2D eigenvalue weighted by atomic mass is 16.6. The van der Waals surface area contributed by atoms with Crippen LogP contribution in [0.15, 0.2) is 0 Å². The monoisotopic (exact) mass is 1070 g/mol. The van der Waals surface area contributed by atoms with Crippen LogP contribution in [-0.4, -0.2) is 317 Å². The van der Waals surface area contributed by atoms with E-state index in [2.05, 4.69) is 59.4 Å². The minimum Gasteiger partial charge on any atom is -0.387 e. The maximum Gasteiger partial charge on any atom is 0.224 e. The van der Waals surface area contributed by atoms with Gasteiger partial charge < -0.3 is 94.2 Å². The van der Waals surface area contributed by atoms with Gasteiger partial charge in [0.15, 0.2) is 6.29 Å². The SMILES string of the molecule is CC(CC(=O)CC(CC(=O)NCCN(C)CCN(C)CCN(C)C)C(=O)NCCOCCOCCC(=O)CCCOCCOCCOCC1OC(O)C(O)C(O)C1O)C(=O)NCCN(C)CCN(C)CCN(C)C. The predicted molar refractivity (Wildman–Crippen MR) is 279 cm³/mol. The first-order valence-corrected chi connectivity index (χ1v) is 26.4. The van der Waals surface area contributed by atoms with Gasteiger partial charge in [0.25, 0.3) is 0 Å². The van der Waals surface area contributed by atoms with E-state index in [9.17, 15) is 44.4 Å². The van der Waals surface area contributed by atoms with Crippen LogP contribution in [0.4, 0.5) is 0 Å². The van der Waals surface area contributed by atoms with Crippen LogP contribution in [0.1, 0.15) is 45.4 Å². The number of rotatable bonds is 47. The number of ether oxygens (including phenoxy) is 6. The minimum absolute atomic E-state index is 0.0399. The Bertz CT molecular complexity index is 1510. The summed E-state index contributed by atoms with van der Waals surface area (Å²) in [6, 6.07) is 0. The number of nitrogens with one attached hydrogen (secondary N) is 3. The molecule has 7 N–H and O–H groups in total. The predicted octanol–water partition coefficient (Wildman–Crippen LogP) is -3.20. The van der Waals surface area contributed by atoms with Gasteiger partial charge in [0, 0.05) is 130 Å². The molecule has 1 aliphatic heterocycles. The van der Waals surface area contributed by atoms with Crippen molar-refractivity contribution in [1.82, 2.24) is 45.3 Å². The van der Waals surface area contributed by atoms with Gasteiger partial charge in [-0.15, -0.1) is 0 Å². The van der Waals surface area contributed by atoms with Gasteiger partial charge >= 0.3 is 0 Å². The number of hydrogen-bond donors (Lipinski definition) is 7. The van der Waals surface area contributed by atoms with Crippen molar-refractivity contribution in [3.05, 3.63) is 0 Å². The lowest BCUT2D eigenvalue weighted by molar-refractivity contribution is -0.288. The van der Waals surface area contributed by atoms with E-state index in [1.54, 1.807) is 6.92 Å². The third-order valence-corrected chi connectivity index (χ3v) is 12.4. The molecule has 0 aromatic rings. The minimum atomic E-state index is -1.62. The van der Waals surface area contributed by atoms with Gasteiger partial charge in [-0.05, 0) is 62.8 Å². The molecule has 3 amide bonds. The van der Waals surface area contributed by atoms with Gasteiger partial charge in [-0.2, -0.15) is 0 Å². The second kappa shape index (κ2) is 42.2. The molecule has 434 valence electrons. The molecule has 1 rings (SSSR count). The number of carbonyl (C=O) groups excluding carboxylic acids is 5. The maximum atomic E-state index is 13.4. The molecule has 24 nitrogen and oxygen atoms in total. The first-order valence-electron chi connectivity index (χ1n) is 26.4. The summed E-state index contributed by atoms with van der Waals surface area (Å²) in [7, 11) is 16.4. The summed E-state index contributed by atoms with van der Waals surface area (Å²) >= 11 is 0. The lowest BCUT2D eigenvalue weighted by atomic mass is 9.92. The Morgan fingerprint density at radius 2 is 0.946 bits per heavy atom. The molecular weight excluding hydrogens is 967 g/mol. The summed E-state index contributed by atoms with van der Waals surface area (Å²) in [5.74, 6) is -2.79. The van der Waals surface area contributed by atoms with E-state index in [1.165, 1.54) is 0 Å². The first-order chi connectivity index (χ1) is 35.2. The zero-order valence-electron chi connectivity index (χ0n) is 46.5. The van der Waals surface area contributed by atoms with Crippen molar-refractivity contribution in [2.75, 3.05) is 208 Å². The van der Waals surface area contributed by atoms with Crippen LogP contribution in [0.2, 0.25) is 0 Å². The van der Waals surface area contributed by atoms with Crippen molar-refractivity contribution in [2.24, 2.45) is 11.8 Å². The van der Waals surface area contributed by atoms with E-state index in [-0.39, 0.29) is 102 Å². The highest BCUT2D eigenvalue weighted by Crippen LogP contribution is 2.20. The fraction of sp³-hybridized carbons (Fsp3) is 0.900. The average molecular weight is 1070 g/mol. The molecule has 0 aliphatic carbocycles. The molecule has 7 unspecified atom stereocenters. The molecule has 1 heterocycles. The number of aliphatic hydroxyl groups excluding tert-OH is 4. The third-order valence-electron chi connectivity index (χ3n) is 12.4. The van der Waals surface area contributed by atoms with Gasteiger partial charge in [0.05, 0.1) is 65.4 Å². The van der Waals surface area contributed by atoms with Gasteiger partial charge in [0.2, 0.25) is 17.7 Å². The lowest BCUT2D eigenvalue weighted by Crippen LogP contribution is -2.58. The first kappa shape index (κ1) is 69.1. The highest BCUT2D eigenvalue weighted by Gasteiger charge is 2.43. The Hall–Kier alpha value is -2.89. The molecular formula is C50H99N9O15. The molecule has 0 radical (unpaired) electrons. The van der Waals surface area contributed by atoms with Crippen LogP contribution in [0.5, 0.6) is 0 Å². The van der Waals surface area contributed by atoms with Crippen LogP contribution in [0, 0.1) is 11.8 Å². The normalized spacial score (nSPS) is 19.0. The molecule has 1 saturated heterocycles. The van der Waals surface area contributed by atoms with E-state index in [1.807, 2.05) is 42.3 Å². The van der Waals surface area contributed by atoms with E-state index < -0.39 is 48.4 Å². The van der Waals surface area contributed by atoms with Crippen LogP contribution in [0.3, 0.4) is 0 Å². The van der Waals surface area contributed by atoms with E-state index in [4.69, 9.17) is 28.4 Å². The Labute approximate surface area is 441 Å². The van der Waals surface area contributed by atoms with Crippen LogP contribution < -0.4 is 16.0 Å². The number of carbonyl (C=O) groups is 5. The van der Waals surface area contributed by atoms with E-state index in [0.717, 1.165) is 52.4 Å². The Morgan fingerprint density at radius 1 is 0.473 bits per heavy atom. The number of aliphatic hydroxyl groups is 4. The second-order valence-electron chi connectivity index (χ2n) is 20.0. The molecule has 0 spiro atoms. The molecule has 74 heavy (non-hydrogen) atoms. The number of Topliss-reactive ketones (excluding diaryl/α,β-unsaturated/α-hetero) is 2. The van der Waals surface area contributed by atoms with Gasteiger partial charge in [-0.1, -0.05) is 6.92 Å². The zero-order valence-corrected chi connectivity index (χ0v) is 46.5. The average Bonchev–Trinajstić information content (AvgIpc) is 3.35. The van der Waals surface area contributed by atoms with Crippen molar-refractivity contribution < 1.29 is 72.8 Å². The lowest BCUT2D eigenvalue weighted by Gasteiger charge is -2.38. The van der Waals surface area contributed by atoms with Crippen LogP contribution >= 0.6 is 0 Å². The number of likely N-dealkylation sites (N-methyl/N-ethyl adjacent to an activating group) is 6. The van der Waals surface area contributed by atoms with E-state index >= 15 is 0 Å². The Morgan fingerprint density at radius 3 is 1.51 bits per heavy atom. The molecule has 0 bridgehead atoms. The summed E-state index contributed by atoms with van der Waals surface area (Å²) in [5.41, 5.74) is 0. The number of hydrogen-bond acceptors (Lipinski definition) is 21. The quantitative estimate of drug-likeness (QED) is 0.0296. The molecule has 24 heteroatoms.